The van der Waals surface area contributed by atoms with Crippen LogP contribution in [0.4, 0.5) is 0 Å². The first-order valence-corrected chi connectivity index (χ1v) is 7.33. The second kappa shape index (κ2) is 5.84. The van der Waals surface area contributed by atoms with Gasteiger partial charge in [0, 0.05) is 18.2 Å². The van der Waals surface area contributed by atoms with Gasteiger partial charge in [-0.15, -0.1) is 0 Å². The number of carbonyl (C=O) groups excluding carboxylic acids is 1. The van der Waals surface area contributed by atoms with Gasteiger partial charge in [-0.3, -0.25) is 19.9 Å². The van der Waals surface area contributed by atoms with Gasteiger partial charge in [-0.1, -0.05) is 0 Å². The van der Waals surface area contributed by atoms with Crippen LogP contribution in [0.25, 0.3) is 0 Å². The third-order valence-corrected chi connectivity index (χ3v) is 3.68. The molecule has 1 aliphatic heterocycles. The van der Waals surface area contributed by atoms with E-state index >= 15 is 0 Å². The Morgan fingerprint density at radius 1 is 1.45 bits per heavy atom. The molecule has 2 N–H and O–H groups in total. The molecule has 0 bridgehead atoms. The summed E-state index contributed by atoms with van der Waals surface area (Å²) in [5, 5.41) is 9.92. The van der Waals surface area contributed by atoms with Gasteiger partial charge in [0.1, 0.15) is 0 Å². The lowest BCUT2D eigenvalue weighted by Gasteiger charge is -2.25. The van der Waals surface area contributed by atoms with Crippen LogP contribution in [0.5, 0.6) is 0 Å². The zero-order valence-electron chi connectivity index (χ0n) is 12.9. The topological polar surface area (TPSA) is 92.8 Å². The number of aromatic nitrogens is 4. The summed E-state index contributed by atoms with van der Waals surface area (Å²) in [4.78, 5) is 20.7. The molecular weight excluding hydrogens is 282 g/mol. The normalized spacial score (nSPS) is 20.5. The summed E-state index contributed by atoms with van der Waals surface area (Å²) in [6.45, 7) is 6.15. The second-order valence-electron chi connectivity index (χ2n) is 5.59. The number of amides is 1. The Bertz CT molecular complexity index is 697. The summed E-state index contributed by atoms with van der Waals surface area (Å²) in [5.41, 5.74) is 3.82. The molecule has 3 rings (SSSR count). The third-order valence-electron chi connectivity index (χ3n) is 3.68. The number of aromatic amines is 1. The van der Waals surface area contributed by atoms with Crippen molar-refractivity contribution in [1.29, 1.82) is 0 Å². The van der Waals surface area contributed by atoms with Crippen LogP contribution in [0.15, 0.2) is 12.4 Å². The highest BCUT2D eigenvalue weighted by Crippen LogP contribution is 2.29. The van der Waals surface area contributed by atoms with Gasteiger partial charge in [0.25, 0.3) is 5.91 Å². The lowest BCUT2D eigenvalue weighted by Crippen LogP contribution is -2.27. The maximum absolute atomic E-state index is 12.4. The van der Waals surface area contributed by atoms with E-state index in [-0.39, 0.29) is 18.1 Å². The second-order valence-corrected chi connectivity index (χ2v) is 5.59. The Hall–Kier alpha value is -2.28. The summed E-state index contributed by atoms with van der Waals surface area (Å²) in [7, 11) is 0. The van der Waals surface area contributed by atoms with Crippen molar-refractivity contribution in [3.63, 3.8) is 0 Å². The number of aryl methyl sites for hydroxylation is 1. The summed E-state index contributed by atoms with van der Waals surface area (Å²) >= 11 is 0. The molecule has 22 heavy (non-hydrogen) atoms. The Labute approximate surface area is 128 Å². The fourth-order valence-corrected chi connectivity index (χ4v) is 2.72. The fourth-order valence-electron chi connectivity index (χ4n) is 2.72. The van der Waals surface area contributed by atoms with E-state index in [0.717, 1.165) is 22.6 Å². The average Bonchev–Trinajstić information content (AvgIpc) is 2.89. The maximum atomic E-state index is 12.4. The van der Waals surface area contributed by atoms with Gasteiger partial charge in [-0.2, -0.15) is 5.10 Å². The molecular formula is C15H19N5O2. The largest absolute Gasteiger partial charge is 0.369 e. The number of hydrogen-bond acceptors (Lipinski definition) is 5. The number of hydrogen-bond donors (Lipinski definition) is 2. The van der Waals surface area contributed by atoms with Crippen molar-refractivity contribution < 1.29 is 9.53 Å². The van der Waals surface area contributed by atoms with E-state index in [2.05, 4.69) is 25.5 Å². The first kappa shape index (κ1) is 14.6. The summed E-state index contributed by atoms with van der Waals surface area (Å²) in [5.74, 6) is -0.206. The van der Waals surface area contributed by atoms with E-state index in [1.165, 1.54) is 0 Å². The van der Waals surface area contributed by atoms with Crippen LogP contribution in [0.2, 0.25) is 0 Å². The lowest BCUT2D eigenvalue weighted by atomic mass is 9.99. The van der Waals surface area contributed by atoms with E-state index in [4.69, 9.17) is 4.74 Å². The Morgan fingerprint density at radius 2 is 2.27 bits per heavy atom. The SMILES string of the molecule is Cc1cncc(CNC(=O)c2n[nH]c3c2C[C@@H](C)O[C@H]3C)n1. The van der Waals surface area contributed by atoms with E-state index in [9.17, 15) is 4.79 Å². The quantitative estimate of drug-likeness (QED) is 0.895. The molecule has 0 aromatic carbocycles. The summed E-state index contributed by atoms with van der Waals surface area (Å²) in [6, 6.07) is 0. The predicted octanol–water partition coefficient (Wildman–Crippen LogP) is 1.46. The molecule has 7 nitrogen and oxygen atoms in total. The molecule has 0 aliphatic carbocycles. The molecule has 0 unspecified atom stereocenters. The number of nitrogens with one attached hydrogen (secondary N) is 2. The highest BCUT2D eigenvalue weighted by Gasteiger charge is 2.29. The molecule has 1 amide bonds. The van der Waals surface area contributed by atoms with Gasteiger partial charge in [0.05, 0.1) is 42.0 Å². The maximum Gasteiger partial charge on any atom is 0.272 e. The van der Waals surface area contributed by atoms with E-state index in [1.807, 2.05) is 20.8 Å². The van der Waals surface area contributed by atoms with Crippen molar-refractivity contribution in [2.45, 2.75) is 45.9 Å². The van der Waals surface area contributed by atoms with Gasteiger partial charge in [0.2, 0.25) is 0 Å². The number of nitrogens with zero attached hydrogens (tertiary/aromatic N) is 3. The molecule has 7 heteroatoms. The Balaban J connectivity index is 1.73. The van der Waals surface area contributed by atoms with Crippen molar-refractivity contribution >= 4 is 5.91 Å². The molecule has 0 radical (unpaired) electrons. The van der Waals surface area contributed by atoms with Crippen molar-refractivity contribution in [2.24, 2.45) is 0 Å². The zero-order valence-corrected chi connectivity index (χ0v) is 12.9. The van der Waals surface area contributed by atoms with Crippen molar-refractivity contribution in [3.8, 4) is 0 Å². The number of fused-ring (bicyclic) bond motifs is 1. The number of carbonyl (C=O) groups is 1. The molecule has 0 fully saturated rings. The van der Waals surface area contributed by atoms with Crippen LogP contribution in [0, 0.1) is 6.92 Å². The molecule has 0 saturated carbocycles. The van der Waals surface area contributed by atoms with Crippen LogP contribution in [0.3, 0.4) is 0 Å². The number of H-pyrrole nitrogens is 1. The standard InChI is InChI=1S/C15H19N5O2/c1-8-5-16-6-11(18-8)7-17-15(21)14-12-4-9(2)22-10(3)13(12)19-20-14/h5-6,9-10H,4,7H2,1-3H3,(H,17,21)(H,19,20)/t9-,10+/m1/s1. The lowest BCUT2D eigenvalue weighted by molar-refractivity contribution is -0.00697. The van der Waals surface area contributed by atoms with Crippen LogP contribution in [0.1, 0.15) is 53.1 Å². The van der Waals surface area contributed by atoms with Gasteiger partial charge < -0.3 is 10.1 Å². The minimum absolute atomic E-state index is 0.0737. The van der Waals surface area contributed by atoms with Gasteiger partial charge in [0.15, 0.2) is 5.69 Å². The van der Waals surface area contributed by atoms with E-state index < -0.39 is 0 Å². The van der Waals surface area contributed by atoms with Crippen molar-refractivity contribution in [3.05, 3.63) is 40.7 Å². The Morgan fingerprint density at radius 3 is 3.05 bits per heavy atom. The van der Waals surface area contributed by atoms with Crippen LogP contribution >= 0.6 is 0 Å². The summed E-state index contributed by atoms with van der Waals surface area (Å²) in [6.07, 6.45) is 4.01. The van der Waals surface area contributed by atoms with Crippen LogP contribution < -0.4 is 5.32 Å². The molecule has 0 spiro atoms. The van der Waals surface area contributed by atoms with Gasteiger partial charge >= 0.3 is 0 Å². The van der Waals surface area contributed by atoms with E-state index in [1.54, 1.807) is 12.4 Å². The summed E-state index contributed by atoms with van der Waals surface area (Å²) < 4.78 is 5.73. The van der Waals surface area contributed by atoms with Crippen molar-refractivity contribution in [2.75, 3.05) is 0 Å². The first-order valence-electron chi connectivity index (χ1n) is 7.33. The number of rotatable bonds is 3. The zero-order chi connectivity index (χ0) is 15.7. The molecule has 116 valence electrons. The van der Waals surface area contributed by atoms with Gasteiger partial charge in [-0.25, -0.2) is 0 Å². The van der Waals surface area contributed by atoms with Crippen LogP contribution in [-0.2, 0) is 17.7 Å². The van der Waals surface area contributed by atoms with Crippen LogP contribution in [-0.4, -0.2) is 32.2 Å². The monoisotopic (exact) mass is 301 g/mol. The minimum atomic E-state index is -0.206. The van der Waals surface area contributed by atoms with Crippen molar-refractivity contribution in [1.82, 2.24) is 25.5 Å². The molecule has 3 heterocycles. The molecule has 2 aromatic heterocycles. The minimum Gasteiger partial charge on any atom is -0.369 e. The predicted molar refractivity (Wildman–Crippen MR) is 79.2 cm³/mol. The van der Waals surface area contributed by atoms with E-state index in [0.29, 0.717) is 18.7 Å². The molecule has 1 aliphatic rings. The molecule has 2 atom stereocenters. The Kier molecular flexibility index (Phi) is 3.89. The highest BCUT2D eigenvalue weighted by molar-refractivity contribution is 5.94. The first-order chi connectivity index (χ1) is 10.5. The molecule has 0 saturated heterocycles. The highest BCUT2D eigenvalue weighted by atomic mass is 16.5. The van der Waals surface area contributed by atoms with Gasteiger partial charge in [-0.05, 0) is 20.8 Å². The molecule has 2 aromatic rings. The fraction of sp³-hybridized carbons (Fsp3) is 0.467. The number of ether oxygens (including phenoxy) is 1. The smallest absolute Gasteiger partial charge is 0.272 e. The third kappa shape index (κ3) is 2.85. The average molecular weight is 301 g/mol.